The maximum atomic E-state index is 12.7. The van der Waals surface area contributed by atoms with Crippen LogP contribution in [0.5, 0.6) is 0 Å². The van der Waals surface area contributed by atoms with Crippen LogP contribution in [0.15, 0.2) is 24.3 Å². The molecule has 0 saturated carbocycles. The van der Waals surface area contributed by atoms with Crippen molar-refractivity contribution in [2.45, 2.75) is 43.6 Å². The van der Waals surface area contributed by atoms with Gasteiger partial charge in [-0.15, -0.1) is 0 Å². The van der Waals surface area contributed by atoms with Crippen molar-refractivity contribution in [3.63, 3.8) is 0 Å². The minimum absolute atomic E-state index is 0.0646. The third kappa shape index (κ3) is 3.60. The lowest BCUT2D eigenvalue weighted by molar-refractivity contribution is -0.376. The highest BCUT2D eigenvalue weighted by molar-refractivity contribution is 5.76. The van der Waals surface area contributed by atoms with Gasteiger partial charge in [0.1, 0.15) is 0 Å². The van der Waals surface area contributed by atoms with Gasteiger partial charge in [-0.05, 0) is 12.0 Å². The molecule has 3 nitrogen and oxygen atoms in total. The van der Waals surface area contributed by atoms with Gasteiger partial charge in [-0.2, -0.15) is 26.3 Å². The maximum absolute atomic E-state index is 12.7. The number of carboxylic acid groups (broad SMARTS) is 1. The van der Waals surface area contributed by atoms with Crippen LogP contribution < -0.4 is 0 Å². The molecule has 1 aromatic rings. The number of carboxylic acids is 1. The monoisotopic (exact) mass is 344 g/mol. The summed E-state index contributed by atoms with van der Waals surface area (Å²) in [5, 5.41) is 18.3. The largest absolute Gasteiger partial charge is 0.481 e. The van der Waals surface area contributed by atoms with E-state index in [-0.39, 0.29) is 12.0 Å². The van der Waals surface area contributed by atoms with Gasteiger partial charge in [0.2, 0.25) is 0 Å². The molecule has 0 saturated heterocycles. The Morgan fingerprint density at radius 2 is 1.48 bits per heavy atom. The quantitative estimate of drug-likeness (QED) is 0.795. The number of hydrogen-bond donors (Lipinski definition) is 2. The predicted molar refractivity (Wildman–Crippen MR) is 67.7 cm³/mol. The number of halogens is 6. The lowest BCUT2D eigenvalue weighted by Gasteiger charge is -2.32. The number of aliphatic carboxylic acids is 1. The van der Waals surface area contributed by atoms with Crippen LogP contribution in [0.3, 0.4) is 0 Å². The van der Waals surface area contributed by atoms with Crippen molar-refractivity contribution >= 4 is 5.97 Å². The molecule has 2 N–H and O–H groups in total. The second-order valence-electron chi connectivity index (χ2n) is 5.01. The molecule has 9 heteroatoms. The van der Waals surface area contributed by atoms with E-state index in [9.17, 15) is 36.2 Å². The molecule has 0 spiro atoms. The van der Waals surface area contributed by atoms with E-state index in [0.29, 0.717) is 18.6 Å². The standard InChI is InChI=1S/C14H14F6O3/c1-2-3-10(11(21)22)8-4-6-9(7-5-8)12(23,13(15,16)17)14(18,19)20/h4-7,10,23H,2-3H2,1H3,(H,21,22). The van der Waals surface area contributed by atoms with Crippen molar-refractivity contribution in [2.75, 3.05) is 0 Å². The highest BCUT2D eigenvalue weighted by Gasteiger charge is 2.71. The van der Waals surface area contributed by atoms with E-state index in [1.165, 1.54) is 0 Å². The molecular weight excluding hydrogens is 330 g/mol. The molecule has 0 aliphatic heterocycles. The summed E-state index contributed by atoms with van der Waals surface area (Å²) in [6.45, 7) is 1.69. The van der Waals surface area contributed by atoms with E-state index in [4.69, 9.17) is 5.11 Å². The van der Waals surface area contributed by atoms with Crippen LogP contribution in [-0.2, 0) is 10.4 Å². The van der Waals surface area contributed by atoms with Crippen molar-refractivity contribution in [1.82, 2.24) is 0 Å². The number of alkyl halides is 6. The van der Waals surface area contributed by atoms with E-state index in [0.717, 1.165) is 12.1 Å². The Morgan fingerprint density at radius 3 is 1.78 bits per heavy atom. The van der Waals surface area contributed by atoms with Crippen molar-refractivity contribution in [3.05, 3.63) is 35.4 Å². The van der Waals surface area contributed by atoms with Gasteiger partial charge in [0.15, 0.2) is 0 Å². The van der Waals surface area contributed by atoms with Crippen molar-refractivity contribution in [3.8, 4) is 0 Å². The molecule has 0 aromatic heterocycles. The molecule has 0 bridgehead atoms. The fourth-order valence-corrected chi connectivity index (χ4v) is 2.17. The van der Waals surface area contributed by atoms with Gasteiger partial charge in [0.25, 0.3) is 5.60 Å². The number of aliphatic hydroxyl groups is 1. The minimum Gasteiger partial charge on any atom is -0.481 e. The van der Waals surface area contributed by atoms with Crippen LogP contribution in [0.4, 0.5) is 26.3 Å². The summed E-state index contributed by atoms with van der Waals surface area (Å²) in [6.07, 6.45) is -11.3. The van der Waals surface area contributed by atoms with Gasteiger partial charge in [0, 0.05) is 5.56 Å². The number of rotatable bonds is 5. The predicted octanol–water partition coefficient (Wildman–Crippen LogP) is 3.97. The Bertz CT molecular complexity index is 533. The summed E-state index contributed by atoms with van der Waals surface area (Å²) in [5.74, 6) is -2.28. The first-order valence-corrected chi connectivity index (χ1v) is 6.55. The lowest BCUT2D eigenvalue weighted by Crippen LogP contribution is -2.53. The molecular formula is C14H14F6O3. The first kappa shape index (κ1) is 19.3. The Balaban J connectivity index is 3.32. The van der Waals surface area contributed by atoms with Crippen LogP contribution in [0.2, 0.25) is 0 Å². The highest BCUT2D eigenvalue weighted by Crippen LogP contribution is 2.50. The van der Waals surface area contributed by atoms with Crippen molar-refractivity contribution < 1.29 is 41.4 Å². The Morgan fingerprint density at radius 1 is 1.04 bits per heavy atom. The van der Waals surface area contributed by atoms with Gasteiger partial charge in [-0.25, -0.2) is 0 Å². The fraction of sp³-hybridized carbons (Fsp3) is 0.500. The molecule has 0 aliphatic rings. The summed E-state index contributed by atoms with van der Waals surface area (Å²) >= 11 is 0. The van der Waals surface area contributed by atoms with E-state index < -0.39 is 35.4 Å². The Hall–Kier alpha value is -1.77. The van der Waals surface area contributed by atoms with Crippen LogP contribution >= 0.6 is 0 Å². The van der Waals surface area contributed by atoms with Gasteiger partial charge in [0.05, 0.1) is 5.92 Å². The van der Waals surface area contributed by atoms with Gasteiger partial charge in [-0.3, -0.25) is 4.79 Å². The van der Waals surface area contributed by atoms with E-state index in [2.05, 4.69) is 0 Å². The fourth-order valence-electron chi connectivity index (χ4n) is 2.17. The Kier molecular flexibility index (Phi) is 5.35. The van der Waals surface area contributed by atoms with Crippen molar-refractivity contribution in [2.24, 2.45) is 0 Å². The molecule has 0 amide bonds. The lowest BCUT2D eigenvalue weighted by atomic mass is 9.88. The van der Waals surface area contributed by atoms with E-state index in [1.807, 2.05) is 0 Å². The molecule has 1 rings (SSSR count). The normalized spacial score (nSPS) is 14.6. The van der Waals surface area contributed by atoms with Gasteiger partial charge < -0.3 is 10.2 Å². The van der Waals surface area contributed by atoms with E-state index in [1.54, 1.807) is 6.92 Å². The summed E-state index contributed by atoms with van der Waals surface area (Å²) in [7, 11) is 0. The molecule has 0 heterocycles. The summed E-state index contributed by atoms with van der Waals surface area (Å²) in [5.41, 5.74) is -6.36. The van der Waals surface area contributed by atoms with Crippen molar-refractivity contribution in [1.29, 1.82) is 0 Å². The molecule has 130 valence electrons. The zero-order valence-electron chi connectivity index (χ0n) is 11.9. The van der Waals surface area contributed by atoms with E-state index >= 15 is 0 Å². The second-order valence-corrected chi connectivity index (χ2v) is 5.01. The molecule has 0 aliphatic carbocycles. The highest BCUT2D eigenvalue weighted by atomic mass is 19.4. The maximum Gasteiger partial charge on any atom is 0.430 e. The summed E-state index contributed by atoms with van der Waals surface area (Å²) in [6, 6.07) is 2.60. The second kappa shape index (κ2) is 6.38. The van der Waals surface area contributed by atoms with Crippen LogP contribution in [0, 0.1) is 0 Å². The Labute approximate surface area is 127 Å². The van der Waals surface area contributed by atoms with Gasteiger partial charge in [-0.1, -0.05) is 37.6 Å². The summed E-state index contributed by atoms with van der Waals surface area (Å²) in [4.78, 5) is 11.1. The zero-order valence-corrected chi connectivity index (χ0v) is 11.9. The topological polar surface area (TPSA) is 57.5 Å². The minimum atomic E-state index is -5.97. The smallest absolute Gasteiger partial charge is 0.430 e. The average molecular weight is 344 g/mol. The first-order chi connectivity index (χ1) is 10.4. The SMILES string of the molecule is CCCC(C(=O)O)c1ccc(C(O)(C(F)(F)F)C(F)(F)F)cc1. The molecule has 23 heavy (non-hydrogen) atoms. The first-order valence-electron chi connectivity index (χ1n) is 6.55. The third-order valence-corrected chi connectivity index (χ3v) is 3.43. The summed E-state index contributed by atoms with van der Waals surface area (Å²) < 4.78 is 76.4. The molecule has 0 radical (unpaired) electrons. The van der Waals surface area contributed by atoms with Crippen LogP contribution in [-0.4, -0.2) is 28.5 Å². The average Bonchev–Trinajstić information content (AvgIpc) is 2.41. The van der Waals surface area contributed by atoms with Crippen LogP contribution in [0.1, 0.15) is 36.8 Å². The number of hydrogen-bond acceptors (Lipinski definition) is 2. The van der Waals surface area contributed by atoms with Gasteiger partial charge >= 0.3 is 18.3 Å². The number of carbonyl (C=O) groups is 1. The number of benzene rings is 1. The molecule has 1 atom stereocenters. The molecule has 1 aromatic carbocycles. The third-order valence-electron chi connectivity index (χ3n) is 3.43. The molecule has 1 unspecified atom stereocenters. The van der Waals surface area contributed by atoms with Crippen LogP contribution in [0.25, 0.3) is 0 Å². The molecule has 0 fully saturated rings. The zero-order chi connectivity index (χ0) is 18.1.